The number of fused-ring (bicyclic) bond motifs is 2. The van der Waals surface area contributed by atoms with E-state index in [1.165, 1.54) is 4.90 Å². The highest BCUT2D eigenvalue weighted by atomic mass is 16.2. The number of carbonyl (C=O) groups excluding carboxylic acids is 2. The second kappa shape index (κ2) is 5.17. The van der Waals surface area contributed by atoms with E-state index in [1.807, 2.05) is 7.05 Å². The molecule has 1 heterocycles. The number of hydrogen-bond donors (Lipinski definition) is 1. The molecule has 2 fully saturated rings. The minimum Gasteiger partial charge on any atom is -0.317 e. The van der Waals surface area contributed by atoms with Gasteiger partial charge in [-0.2, -0.15) is 0 Å². The summed E-state index contributed by atoms with van der Waals surface area (Å²) in [6.07, 6.45) is 4.62. The van der Waals surface area contributed by atoms with Crippen LogP contribution in [0.2, 0.25) is 0 Å². The molecule has 1 saturated carbocycles. The van der Waals surface area contributed by atoms with Crippen molar-refractivity contribution in [3.63, 3.8) is 0 Å². The van der Waals surface area contributed by atoms with E-state index in [0.717, 1.165) is 32.1 Å². The van der Waals surface area contributed by atoms with E-state index in [1.54, 1.807) is 0 Å². The summed E-state index contributed by atoms with van der Waals surface area (Å²) in [5.74, 6) is 0.399. The van der Waals surface area contributed by atoms with Crippen molar-refractivity contribution in [3.05, 3.63) is 0 Å². The van der Waals surface area contributed by atoms with Crippen molar-refractivity contribution >= 4 is 11.8 Å². The SMILES string of the molecule is CNC(C)CCN1C(=O)C2CCCC(C2)C1=O. The molecule has 0 aromatic heterocycles. The van der Waals surface area contributed by atoms with Crippen LogP contribution in [0.3, 0.4) is 0 Å². The van der Waals surface area contributed by atoms with Gasteiger partial charge in [-0.25, -0.2) is 0 Å². The number of nitrogens with zero attached hydrogens (tertiary/aromatic N) is 1. The normalized spacial score (nSPS) is 30.6. The lowest BCUT2D eigenvalue weighted by Crippen LogP contribution is -2.52. The van der Waals surface area contributed by atoms with E-state index in [0.29, 0.717) is 12.6 Å². The summed E-state index contributed by atoms with van der Waals surface area (Å²) in [4.78, 5) is 25.8. The number of piperidine rings is 1. The molecule has 96 valence electrons. The van der Waals surface area contributed by atoms with Gasteiger partial charge in [0.25, 0.3) is 0 Å². The van der Waals surface area contributed by atoms with Crippen molar-refractivity contribution in [1.82, 2.24) is 10.2 Å². The quantitative estimate of drug-likeness (QED) is 0.748. The number of likely N-dealkylation sites (tertiary alicyclic amines) is 1. The molecule has 2 rings (SSSR count). The van der Waals surface area contributed by atoms with Crippen LogP contribution < -0.4 is 5.32 Å². The summed E-state index contributed by atoms with van der Waals surface area (Å²) in [6, 6.07) is 0.345. The standard InChI is InChI=1S/C13H22N2O2/c1-9(14-2)6-7-15-12(16)10-4-3-5-11(8-10)13(15)17/h9-11,14H,3-8H2,1-2H3. The van der Waals surface area contributed by atoms with E-state index >= 15 is 0 Å². The van der Waals surface area contributed by atoms with Crippen LogP contribution in [0.5, 0.6) is 0 Å². The Hall–Kier alpha value is -0.900. The average Bonchev–Trinajstić information content (AvgIpc) is 2.36. The first kappa shape index (κ1) is 12.6. The van der Waals surface area contributed by atoms with E-state index in [4.69, 9.17) is 0 Å². The molecule has 0 spiro atoms. The molecule has 2 amide bonds. The van der Waals surface area contributed by atoms with Crippen LogP contribution >= 0.6 is 0 Å². The summed E-state index contributed by atoms with van der Waals surface area (Å²) in [5.41, 5.74) is 0. The largest absolute Gasteiger partial charge is 0.317 e. The van der Waals surface area contributed by atoms with Crippen molar-refractivity contribution in [2.75, 3.05) is 13.6 Å². The molecule has 0 radical (unpaired) electrons. The molecule has 2 aliphatic rings. The van der Waals surface area contributed by atoms with Gasteiger partial charge in [-0.15, -0.1) is 0 Å². The Morgan fingerprint density at radius 3 is 2.41 bits per heavy atom. The first-order valence-corrected chi connectivity index (χ1v) is 6.66. The van der Waals surface area contributed by atoms with Crippen molar-refractivity contribution in [2.24, 2.45) is 11.8 Å². The van der Waals surface area contributed by atoms with Crippen LogP contribution in [0.25, 0.3) is 0 Å². The maximum atomic E-state index is 12.1. The molecule has 0 aromatic rings. The van der Waals surface area contributed by atoms with Gasteiger partial charge in [0.05, 0.1) is 0 Å². The molecular formula is C13H22N2O2. The fourth-order valence-corrected chi connectivity index (χ4v) is 2.88. The summed E-state index contributed by atoms with van der Waals surface area (Å²) in [7, 11) is 1.90. The highest BCUT2D eigenvalue weighted by Crippen LogP contribution is 2.36. The average molecular weight is 238 g/mol. The molecule has 3 atom stereocenters. The zero-order valence-corrected chi connectivity index (χ0v) is 10.7. The fraction of sp³-hybridized carbons (Fsp3) is 0.846. The second-order valence-electron chi connectivity index (χ2n) is 5.37. The molecule has 17 heavy (non-hydrogen) atoms. The van der Waals surface area contributed by atoms with Gasteiger partial charge in [-0.3, -0.25) is 14.5 Å². The number of hydrogen-bond acceptors (Lipinski definition) is 3. The van der Waals surface area contributed by atoms with E-state index in [-0.39, 0.29) is 23.7 Å². The van der Waals surface area contributed by atoms with Gasteiger partial charge >= 0.3 is 0 Å². The maximum absolute atomic E-state index is 12.1. The first-order chi connectivity index (χ1) is 8.13. The monoisotopic (exact) mass is 238 g/mol. The minimum absolute atomic E-state index is 0.0780. The predicted octanol–water partition coefficient (Wildman–Crippen LogP) is 1.16. The predicted molar refractivity (Wildman–Crippen MR) is 65.3 cm³/mol. The topological polar surface area (TPSA) is 49.4 Å². The summed E-state index contributed by atoms with van der Waals surface area (Å²) in [6.45, 7) is 2.65. The van der Waals surface area contributed by atoms with Crippen LogP contribution in [0.15, 0.2) is 0 Å². The molecule has 1 saturated heterocycles. The van der Waals surface area contributed by atoms with Gasteiger partial charge < -0.3 is 5.32 Å². The lowest BCUT2D eigenvalue weighted by molar-refractivity contribution is -0.158. The molecular weight excluding hydrogens is 216 g/mol. The van der Waals surface area contributed by atoms with E-state index in [2.05, 4.69) is 12.2 Å². The Labute approximate surface area is 103 Å². The Kier molecular flexibility index (Phi) is 3.82. The first-order valence-electron chi connectivity index (χ1n) is 6.66. The third kappa shape index (κ3) is 2.51. The van der Waals surface area contributed by atoms with Gasteiger partial charge in [0, 0.05) is 24.4 Å². The third-order valence-corrected chi connectivity index (χ3v) is 4.18. The lowest BCUT2D eigenvalue weighted by atomic mass is 9.77. The number of rotatable bonds is 4. The number of amides is 2. The summed E-state index contributed by atoms with van der Waals surface area (Å²) >= 11 is 0. The lowest BCUT2D eigenvalue weighted by Gasteiger charge is -2.39. The molecule has 0 aromatic carbocycles. The van der Waals surface area contributed by atoms with Crippen molar-refractivity contribution in [3.8, 4) is 0 Å². The Bertz CT molecular complexity index is 295. The van der Waals surface area contributed by atoms with Crippen molar-refractivity contribution in [1.29, 1.82) is 0 Å². The highest BCUT2D eigenvalue weighted by Gasteiger charge is 2.42. The van der Waals surface area contributed by atoms with E-state index < -0.39 is 0 Å². The molecule has 1 aliphatic carbocycles. The maximum Gasteiger partial charge on any atom is 0.232 e. The van der Waals surface area contributed by atoms with Crippen LogP contribution in [-0.2, 0) is 9.59 Å². The summed E-state index contributed by atoms with van der Waals surface area (Å²) < 4.78 is 0. The number of imide groups is 1. The van der Waals surface area contributed by atoms with Gasteiger partial charge in [-0.1, -0.05) is 6.42 Å². The molecule has 1 N–H and O–H groups in total. The van der Waals surface area contributed by atoms with Crippen LogP contribution in [0, 0.1) is 11.8 Å². The molecule has 3 unspecified atom stereocenters. The third-order valence-electron chi connectivity index (χ3n) is 4.18. The minimum atomic E-state index is 0.0780. The van der Waals surface area contributed by atoms with Gasteiger partial charge in [-0.05, 0) is 39.7 Å². The van der Waals surface area contributed by atoms with E-state index in [9.17, 15) is 9.59 Å². The highest BCUT2D eigenvalue weighted by molar-refractivity contribution is 6.00. The molecule has 4 heteroatoms. The fourth-order valence-electron chi connectivity index (χ4n) is 2.88. The molecule has 4 nitrogen and oxygen atoms in total. The van der Waals surface area contributed by atoms with Crippen LogP contribution in [0.4, 0.5) is 0 Å². The summed E-state index contributed by atoms with van der Waals surface area (Å²) in [5, 5.41) is 3.14. The van der Waals surface area contributed by atoms with Crippen molar-refractivity contribution < 1.29 is 9.59 Å². The Morgan fingerprint density at radius 1 is 1.29 bits per heavy atom. The van der Waals surface area contributed by atoms with Crippen LogP contribution in [0.1, 0.15) is 39.0 Å². The molecule has 1 aliphatic heterocycles. The Morgan fingerprint density at radius 2 is 1.88 bits per heavy atom. The number of carbonyl (C=O) groups is 2. The van der Waals surface area contributed by atoms with Gasteiger partial charge in [0.15, 0.2) is 0 Å². The van der Waals surface area contributed by atoms with Crippen LogP contribution in [-0.4, -0.2) is 36.3 Å². The zero-order chi connectivity index (χ0) is 12.4. The number of nitrogens with one attached hydrogen (secondary N) is 1. The second-order valence-corrected chi connectivity index (χ2v) is 5.37. The Balaban J connectivity index is 2.00. The van der Waals surface area contributed by atoms with Gasteiger partial charge in [0.2, 0.25) is 11.8 Å². The van der Waals surface area contributed by atoms with Crippen molar-refractivity contribution in [2.45, 2.75) is 45.1 Å². The smallest absolute Gasteiger partial charge is 0.232 e. The zero-order valence-electron chi connectivity index (χ0n) is 10.7. The molecule has 2 bridgehead atoms. The van der Waals surface area contributed by atoms with Gasteiger partial charge in [0.1, 0.15) is 0 Å².